The number of nitro groups is 1. The van der Waals surface area contributed by atoms with Crippen molar-refractivity contribution in [3.05, 3.63) is 27.8 Å². The highest BCUT2D eigenvalue weighted by atomic mass is 16.6. The number of hydrogen-bond acceptors (Lipinski definition) is 5. The number of fused-ring (bicyclic) bond motifs is 1. The van der Waals surface area contributed by atoms with Crippen molar-refractivity contribution in [2.75, 3.05) is 30.4 Å². The first-order chi connectivity index (χ1) is 9.11. The number of ether oxygens (including phenoxy) is 1. The van der Waals surface area contributed by atoms with Gasteiger partial charge in [0.1, 0.15) is 5.69 Å². The van der Waals surface area contributed by atoms with Gasteiger partial charge in [-0.3, -0.25) is 14.9 Å². The van der Waals surface area contributed by atoms with Crippen molar-refractivity contribution in [1.29, 1.82) is 0 Å². The molecule has 0 radical (unpaired) electrons. The van der Waals surface area contributed by atoms with Crippen molar-refractivity contribution in [2.45, 2.75) is 13.3 Å². The predicted molar refractivity (Wildman–Crippen MR) is 70.4 cm³/mol. The average Bonchev–Trinajstić information content (AvgIpc) is 2.72. The molecule has 0 saturated carbocycles. The molecule has 1 heterocycles. The van der Waals surface area contributed by atoms with Crippen LogP contribution in [0, 0.1) is 10.1 Å². The van der Waals surface area contributed by atoms with Crippen molar-refractivity contribution in [1.82, 2.24) is 0 Å². The van der Waals surface area contributed by atoms with Crippen LogP contribution in [0.15, 0.2) is 12.1 Å². The summed E-state index contributed by atoms with van der Waals surface area (Å²) in [6.07, 6.45) is 0.190. The molecule has 19 heavy (non-hydrogen) atoms. The molecule has 0 aromatic heterocycles. The SMILES string of the molecule is CCOCCNc1cc2c(cc1[N+](=O)[O-])CC(=O)N2. The Morgan fingerprint density at radius 3 is 3.00 bits per heavy atom. The number of nitrogens with zero attached hydrogens (tertiary/aromatic N) is 1. The first-order valence-corrected chi connectivity index (χ1v) is 6.04. The average molecular weight is 265 g/mol. The summed E-state index contributed by atoms with van der Waals surface area (Å²) >= 11 is 0. The minimum atomic E-state index is -0.452. The van der Waals surface area contributed by atoms with E-state index in [2.05, 4.69) is 10.6 Å². The lowest BCUT2D eigenvalue weighted by Crippen LogP contribution is -2.10. The third kappa shape index (κ3) is 3.00. The number of anilines is 2. The maximum absolute atomic E-state index is 11.3. The molecular weight excluding hydrogens is 250 g/mol. The van der Waals surface area contributed by atoms with E-state index in [4.69, 9.17) is 4.74 Å². The fraction of sp³-hybridized carbons (Fsp3) is 0.417. The zero-order valence-electron chi connectivity index (χ0n) is 10.6. The molecule has 1 aliphatic heterocycles. The lowest BCUT2D eigenvalue weighted by Gasteiger charge is -2.09. The van der Waals surface area contributed by atoms with Gasteiger partial charge in [0, 0.05) is 24.9 Å². The fourth-order valence-electron chi connectivity index (χ4n) is 1.96. The lowest BCUT2D eigenvalue weighted by atomic mass is 10.1. The van der Waals surface area contributed by atoms with E-state index < -0.39 is 4.92 Å². The van der Waals surface area contributed by atoms with E-state index in [0.29, 0.717) is 36.7 Å². The minimum Gasteiger partial charge on any atom is -0.380 e. The Labute approximate surface area is 110 Å². The van der Waals surface area contributed by atoms with Gasteiger partial charge < -0.3 is 15.4 Å². The molecule has 0 aliphatic carbocycles. The van der Waals surface area contributed by atoms with Gasteiger partial charge in [-0.15, -0.1) is 0 Å². The van der Waals surface area contributed by atoms with E-state index in [1.165, 1.54) is 6.07 Å². The van der Waals surface area contributed by atoms with Crippen molar-refractivity contribution < 1.29 is 14.5 Å². The summed E-state index contributed by atoms with van der Waals surface area (Å²) in [6.45, 7) is 3.43. The van der Waals surface area contributed by atoms with E-state index in [1.807, 2.05) is 6.92 Å². The van der Waals surface area contributed by atoms with Gasteiger partial charge in [-0.2, -0.15) is 0 Å². The summed E-state index contributed by atoms with van der Waals surface area (Å²) in [5, 5.41) is 16.6. The van der Waals surface area contributed by atoms with Crippen LogP contribution >= 0.6 is 0 Å². The van der Waals surface area contributed by atoms with Crippen LogP contribution in [0.4, 0.5) is 17.1 Å². The van der Waals surface area contributed by atoms with Crippen LogP contribution in [0.25, 0.3) is 0 Å². The van der Waals surface area contributed by atoms with Crippen LogP contribution in [0.5, 0.6) is 0 Å². The molecule has 1 amide bonds. The van der Waals surface area contributed by atoms with Gasteiger partial charge in [-0.25, -0.2) is 0 Å². The first-order valence-electron chi connectivity index (χ1n) is 6.04. The Kier molecular flexibility index (Phi) is 3.96. The molecule has 0 atom stereocenters. The molecule has 0 spiro atoms. The minimum absolute atomic E-state index is 0.0215. The normalized spacial score (nSPS) is 13.0. The van der Waals surface area contributed by atoms with E-state index >= 15 is 0 Å². The molecule has 7 heteroatoms. The third-order valence-electron chi connectivity index (χ3n) is 2.81. The quantitative estimate of drug-likeness (QED) is 0.462. The molecule has 2 rings (SSSR count). The van der Waals surface area contributed by atoms with Gasteiger partial charge in [0.25, 0.3) is 5.69 Å². The van der Waals surface area contributed by atoms with Crippen LogP contribution in [0.3, 0.4) is 0 Å². The highest BCUT2D eigenvalue weighted by molar-refractivity contribution is 6.00. The number of carbonyl (C=O) groups excluding carboxylic acids is 1. The second kappa shape index (κ2) is 5.66. The molecule has 0 fully saturated rings. The summed E-state index contributed by atoms with van der Waals surface area (Å²) in [7, 11) is 0. The van der Waals surface area contributed by atoms with Gasteiger partial charge in [0.2, 0.25) is 5.91 Å². The number of nitrogens with one attached hydrogen (secondary N) is 2. The molecule has 7 nitrogen and oxygen atoms in total. The van der Waals surface area contributed by atoms with Crippen molar-refractivity contribution >= 4 is 23.0 Å². The Morgan fingerprint density at radius 2 is 2.32 bits per heavy atom. The van der Waals surface area contributed by atoms with Gasteiger partial charge in [0.05, 0.1) is 18.0 Å². The van der Waals surface area contributed by atoms with Gasteiger partial charge in [-0.05, 0) is 18.6 Å². The van der Waals surface area contributed by atoms with E-state index in [1.54, 1.807) is 6.07 Å². The van der Waals surface area contributed by atoms with Gasteiger partial charge in [0.15, 0.2) is 0 Å². The summed E-state index contributed by atoms with van der Waals surface area (Å²) in [5.74, 6) is -0.143. The molecule has 102 valence electrons. The predicted octanol–water partition coefficient (Wildman–Crippen LogP) is 1.54. The van der Waals surface area contributed by atoms with E-state index in [-0.39, 0.29) is 18.0 Å². The second-order valence-electron chi connectivity index (χ2n) is 4.13. The van der Waals surface area contributed by atoms with E-state index in [9.17, 15) is 14.9 Å². The lowest BCUT2D eigenvalue weighted by molar-refractivity contribution is -0.384. The molecule has 1 aliphatic rings. The standard InChI is InChI=1S/C12H15N3O4/c1-2-19-4-3-13-10-7-9-8(6-12(16)14-9)5-11(10)15(17)18/h5,7,13H,2-4,6H2,1H3,(H,14,16). The third-order valence-corrected chi connectivity index (χ3v) is 2.81. The number of hydrogen-bond donors (Lipinski definition) is 2. The van der Waals surface area contributed by atoms with Crippen LogP contribution in [0.2, 0.25) is 0 Å². The molecule has 1 aromatic carbocycles. The zero-order valence-corrected chi connectivity index (χ0v) is 10.6. The molecular formula is C12H15N3O4. The summed E-state index contributed by atoms with van der Waals surface area (Å²) in [5.41, 5.74) is 1.67. The maximum atomic E-state index is 11.3. The number of benzene rings is 1. The first kappa shape index (κ1) is 13.3. The molecule has 0 saturated heterocycles. The van der Waals surface area contributed by atoms with Crippen LogP contribution in [-0.2, 0) is 16.0 Å². The van der Waals surface area contributed by atoms with Crippen LogP contribution in [-0.4, -0.2) is 30.6 Å². The summed E-state index contributed by atoms with van der Waals surface area (Å²) in [4.78, 5) is 21.8. The maximum Gasteiger partial charge on any atom is 0.292 e. The number of amides is 1. The molecule has 0 bridgehead atoms. The largest absolute Gasteiger partial charge is 0.380 e. The van der Waals surface area contributed by atoms with Crippen molar-refractivity contribution in [2.24, 2.45) is 0 Å². The zero-order chi connectivity index (χ0) is 13.8. The number of carbonyl (C=O) groups is 1. The van der Waals surface area contributed by atoms with Crippen LogP contribution < -0.4 is 10.6 Å². The molecule has 2 N–H and O–H groups in total. The number of nitro benzene ring substituents is 1. The molecule has 0 unspecified atom stereocenters. The Morgan fingerprint density at radius 1 is 1.53 bits per heavy atom. The monoisotopic (exact) mass is 265 g/mol. The fourth-order valence-corrected chi connectivity index (χ4v) is 1.96. The Balaban J connectivity index is 2.19. The number of rotatable bonds is 6. The van der Waals surface area contributed by atoms with Crippen molar-refractivity contribution in [3.63, 3.8) is 0 Å². The topological polar surface area (TPSA) is 93.5 Å². The Bertz CT molecular complexity index is 516. The van der Waals surface area contributed by atoms with Gasteiger partial charge in [-0.1, -0.05) is 0 Å². The Hall–Kier alpha value is -2.15. The summed E-state index contributed by atoms with van der Waals surface area (Å²) in [6, 6.07) is 3.04. The van der Waals surface area contributed by atoms with Gasteiger partial charge >= 0.3 is 0 Å². The van der Waals surface area contributed by atoms with Crippen molar-refractivity contribution in [3.8, 4) is 0 Å². The summed E-state index contributed by atoms with van der Waals surface area (Å²) < 4.78 is 5.16. The highest BCUT2D eigenvalue weighted by Crippen LogP contribution is 2.34. The van der Waals surface area contributed by atoms with E-state index in [0.717, 1.165) is 0 Å². The van der Waals surface area contributed by atoms with Crippen LogP contribution in [0.1, 0.15) is 12.5 Å². The highest BCUT2D eigenvalue weighted by Gasteiger charge is 2.24. The second-order valence-corrected chi connectivity index (χ2v) is 4.13. The molecule has 1 aromatic rings. The smallest absolute Gasteiger partial charge is 0.292 e.